The fourth-order valence-electron chi connectivity index (χ4n) is 19.9. The van der Waals surface area contributed by atoms with Crippen LogP contribution in [0.4, 0.5) is 62.6 Å². The zero-order chi connectivity index (χ0) is 72.2. The summed E-state index contributed by atoms with van der Waals surface area (Å²) in [6.45, 7) is 6.87. The van der Waals surface area contributed by atoms with Crippen molar-refractivity contribution in [3.63, 3.8) is 0 Å². The second kappa shape index (κ2) is 24.9. The molecule has 1 spiro atoms. The smallest absolute Gasteiger partial charge is 0.256 e. The van der Waals surface area contributed by atoms with Gasteiger partial charge in [-0.25, -0.2) is 0 Å². The maximum absolute atomic E-state index is 7.47. The van der Waals surface area contributed by atoms with Crippen LogP contribution in [0.25, 0.3) is 22.3 Å². The Morgan fingerprint density at radius 2 is 1.01 bits per heavy atom. The van der Waals surface area contributed by atoms with Gasteiger partial charge in [0.15, 0.2) is 0 Å². The van der Waals surface area contributed by atoms with E-state index in [0.29, 0.717) is 0 Å². The zero-order valence-electron chi connectivity index (χ0n) is 61.2. The van der Waals surface area contributed by atoms with Crippen molar-refractivity contribution >= 4 is 121 Å². The van der Waals surface area contributed by atoms with E-state index < -0.39 is 5.41 Å². The van der Waals surface area contributed by atoms with Crippen LogP contribution in [0.3, 0.4) is 0 Å². The lowest BCUT2D eigenvalue weighted by Gasteiger charge is -2.49. The quantitative estimate of drug-likeness (QED) is 0.133. The predicted molar refractivity (Wildman–Crippen MR) is 458 cm³/mol. The molecule has 9 aliphatic rings. The number of nitrogens with zero attached hydrogens (tertiary/aromatic N) is 4. The van der Waals surface area contributed by atoms with E-state index in [1.54, 1.807) is 0 Å². The van der Waals surface area contributed by atoms with Crippen molar-refractivity contribution < 1.29 is 4.74 Å². The van der Waals surface area contributed by atoms with Crippen molar-refractivity contribution in [2.45, 2.75) is 67.1 Å². The second-order valence-electron chi connectivity index (χ2n) is 31.5. The summed E-state index contributed by atoms with van der Waals surface area (Å²) in [5.41, 5.74) is 34.7. The number of hydrogen-bond donors (Lipinski definition) is 0. The number of hydrogen-bond acceptors (Lipinski definition) is 6. The average Bonchev–Trinajstić information content (AvgIpc) is 1.64. The molecule has 5 heterocycles. The Morgan fingerprint density at radius 1 is 0.422 bits per heavy atom. The summed E-state index contributed by atoms with van der Waals surface area (Å²) in [4.78, 5) is 12.9. The van der Waals surface area contributed by atoms with E-state index in [4.69, 9.17) is 4.74 Å². The summed E-state index contributed by atoms with van der Waals surface area (Å²) in [7, 11) is 0. The first-order valence-corrected chi connectivity index (χ1v) is 39.6. The van der Waals surface area contributed by atoms with Crippen LogP contribution in [-0.4, -0.2) is 13.4 Å². The van der Waals surface area contributed by atoms with Gasteiger partial charge in [0.1, 0.15) is 11.5 Å². The maximum atomic E-state index is 7.47. The summed E-state index contributed by atoms with van der Waals surface area (Å²) in [5.74, 6) is 1.98. The van der Waals surface area contributed by atoms with Crippen molar-refractivity contribution in [2.24, 2.45) is 11.8 Å². The summed E-state index contributed by atoms with van der Waals surface area (Å²) in [6.07, 6.45) is 25.7. The molecule has 0 radical (unpaired) electrons. The SMILES string of the molecule is CC(C)(C)c1cc2c3c(c1)N(c1ccccc1)c1ccccc1B3c1cc3c(cc1N2C1=C(C2C=CC=CC2)C=CCC1C1=CCCC=C1)Sc1cc2c(cc1C31c3ccccc3-c3ccccc31)B1c3ccccc3Oc3cc(N(c4ccccc4)c4cccc(-c5ccccc5)c4)cc(c31)N2c1ccccc1. The molecule has 8 heteroatoms. The van der Waals surface area contributed by atoms with Crippen LogP contribution in [0, 0.1) is 11.8 Å². The van der Waals surface area contributed by atoms with Gasteiger partial charge in [-0.2, -0.15) is 0 Å². The number of allylic oxidation sites excluding steroid dienone is 11. The molecule has 0 amide bonds. The fraction of sp³-hybridized carbons (Fsp3) is 0.109. The normalized spacial score (nSPS) is 17.2. The second-order valence-corrected chi connectivity index (χ2v) is 32.6. The largest absolute Gasteiger partial charge is 0.458 e. The number of anilines is 11. The zero-order valence-corrected chi connectivity index (χ0v) is 62.0. The van der Waals surface area contributed by atoms with Crippen LogP contribution >= 0.6 is 11.8 Å². The Balaban J connectivity index is 0.838. The van der Waals surface area contributed by atoms with Gasteiger partial charge >= 0.3 is 0 Å². The van der Waals surface area contributed by atoms with Crippen molar-refractivity contribution in [3.8, 4) is 33.8 Å². The number of ether oxygens (including phenoxy) is 1. The average molecular weight is 1420 g/mol. The number of benzene rings is 13. The van der Waals surface area contributed by atoms with Gasteiger partial charge in [-0.3, -0.25) is 0 Å². The topological polar surface area (TPSA) is 22.2 Å². The standard InChI is InChI=1S/C101H76B2N4OS/c1-100(2,3)69-57-90-97-91(58-69)107(99-75(66-34-12-5-13-35-66)48-31-49-76(99)67-36-14-6-15-37-67)89-64-96-82(62-86(89)102(97)83-52-26-28-54-87(83)105(90)71-41-18-8-19-42-71)101(79-50-24-22-46-77(79)78-47-23-25-51-80(78)101)81-61-85-88(63-95(81)109-96)106(72-43-20-9-21-44-72)92-59-74(60-94-98(92)103(85)84-53-27-29-55-93(84)108-94)104(70-39-16-7-17-40-70)73-45-30-38-68(56-73)65-32-10-4-11-33-65/h4-5,7-14,16-34,36-48,50-64,66,76H,6,15,35,49H2,1-3H3. The van der Waals surface area contributed by atoms with E-state index in [0.717, 1.165) is 93.5 Å². The molecule has 2 atom stereocenters. The van der Waals surface area contributed by atoms with Crippen LogP contribution in [-0.2, 0) is 10.8 Å². The van der Waals surface area contributed by atoms with E-state index in [1.165, 1.54) is 116 Å². The van der Waals surface area contributed by atoms with Crippen molar-refractivity contribution in [2.75, 3.05) is 19.6 Å². The van der Waals surface area contributed by atoms with Crippen LogP contribution in [0.15, 0.2) is 373 Å². The van der Waals surface area contributed by atoms with Gasteiger partial charge in [0.2, 0.25) is 0 Å². The van der Waals surface area contributed by atoms with Crippen molar-refractivity contribution in [1.29, 1.82) is 0 Å². The Bertz CT molecular complexity index is 6120. The van der Waals surface area contributed by atoms with E-state index in [-0.39, 0.29) is 30.7 Å². The minimum Gasteiger partial charge on any atom is -0.458 e. The molecule has 0 N–H and O–H groups in total. The molecule has 5 nitrogen and oxygen atoms in total. The van der Waals surface area contributed by atoms with E-state index in [9.17, 15) is 0 Å². The Kier molecular flexibility index (Phi) is 14.6. The molecule has 0 bridgehead atoms. The van der Waals surface area contributed by atoms with Crippen LogP contribution in [0.5, 0.6) is 11.5 Å². The molecule has 13 aromatic rings. The molecular weight excluding hydrogens is 1340 g/mol. The molecule has 5 aliphatic heterocycles. The first-order valence-electron chi connectivity index (χ1n) is 38.8. The first kappa shape index (κ1) is 64.0. The lowest BCUT2D eigenvalue weighted by molar-refractivity contribution is 0.487. The molecule has 0 saturated carbocycles. The first-order chi connectivity index (χ1) is 53.7. The molecule has 4 aliphatic carbocycles. The fourth-order valence-corrected chi connectivity index (χ4v) is 21.1. The monoisotopic (exact) mass is 1410 g/mol. The summed E-state index contributed by atoms with van der Waals surface area (Å²) in [5, 5.41) is 0. The van der Waals surface area contributed by atoms with Crippen LogP contribution < -0.4 is 57.1 Å². The van der Waals surface area contributed by atoms with Crippen molar-refractivity contribution in [1.82, 2.24) is 0 Å². The van der Waals surface area contributed by atoms with E-state index in [2.05, 4.69) is 386 Å². The summed E-state index contributed by atoms with van der Waals surface area (Å²) >= 11 is 1.97. The van der Waals surface area contributed by atoms with E-state index >= 15 is 0 Å². The lowest BCUT2D eigenvalue weighted by Crippen LogP contribution is -2.62. The van der Waals surface area contributed by atoms with Gasteiger partial charge in [0.05, 0.1) is 11.1 Å². The molecule has 0 fully saturated rings. The summed E-state index contributed by atoms with van der Waals surface area (Å²) < 4.78 is 7.47. The van der Waals surface area contributed by atoms with Crippen LogP contribution in [0.2, 0.25) is 0 Å². The Labute approximate surface area is 643 Å². The highest BCUT2D eigenvalue weighted by atomic mass is 32.2. The third-order valence-corrected chi connectivity index (χ3v) is 25.7. The molecule has 0 saturated heterocycles. The number of rotatable bonds is 9. The minimum absolute atomic E-state index is 0.0913. The van der Waals surface area contributed by atoms with E-state index in [1.807, 2.05) is 11.8 Å². The molecule has 109 heavy (non-hydrogen) atoms. The van der Waals surface area contributed by atoms with Gasteiger partial charge in [-0.05, 0) is 216 Å². The Morgan fingerprint density at radius 3 is 1.69 bits per heavy atom. The molecule has 0 aromatic heterocycles. The molecule has 518 valence electrons. The van der Waals surface area contributed by atoms with Gasteiger partial charge in [-0.1, -0.05) is 281 Å². The molecule has 2 unspecified atom stereocenters. The van der Waals surface area contributed by atoms with Crippen LogP contribution in [0.1, 0.15) is 74.3 Å². The highest BCUT2D eigenvalue weighted by molar-refractivity contribution is 7.99. The number of para-hydroxylation sites is 5. The van der Waals surface area contributed by atoms with Gasteiger partial charge in [-0.15, -0.1) is 0 Å². The molecular formula is C101H76B2N4OS. The van der Waals surface area contributed by atoms with Gasteiger partial charge in [0, 0.05) is 90.3 Å². The van der Waals surface area contributed by atoms with Gasteiger partial charge in [0.25, 0.3) is 13.4 Å². The van der Waals surface area contributed by atoms with Gasteiger partial charge < -0.3 is 24.3 Å². The third kappa shape index (κ3) is 9.76. The predicted octanol–water partition coefficient (Wildman–Crippen LogP) is 22.3. The third-order valence-electron chi connectivity index (χ3n) is 24.5. The molecule has 22 rings (SSSR count). The summed E-state index contributed by atoms with van der Waals surface area (Å²) in [6, 6.07) is 111. The highest BCUT2D eigenvalue weighted by Crippen LogP contribution is 2.64. The minimum atomic E-state index is -0.779. The van der Waals surface area contributed by atoms with Crippen molar-refractivity contribution in [3.05, 3.63) is 391 Å². The molecule has 13 aromatic carbocycles. The Hall–Kier alpha value is -12.2. The lowest BCUT2D eigenvalue weighted by atomic mass is 9.33. The number of fused-ring (bicyclic) bond motifs is 17. The maximum Gasteiger partial charge on any atom is 0.256 e. The highest BCUT2D eigenvalue weighted by Gasteiger charge is 2.55.